The molecule has 1 radical (unpaired) electrons. The quantitative estimate of drug-likeness (QED) is 0.731. The van der Waals surface area contributed by atoms with E-state index in [1.54, 1.807) is 24.3 Å². The lowest BCUT2D eigenvalue weighted by molar-refractivity contribution is 0.0999. The molecule has 0 atom stereocenters. The fraction of sp³-hybridized carbons (Fsp3) is 0.118. The first-order valence-electron chi connectivity index (χ1n) is 7.17. The zero-order valence-corrected chi connectivity index (χ0v) is 14.3. The molecule has 0 bridgehead atoms. The second-order valence-electron chi connectivity index (χ2n) is 4.99. The van der Waals surface area contributed by atoms with Crippen LogP contribution in [-0.4, -0.2) is 31.0 Å². The topological polar surface area (TPSA) is 104 Å². The molecule has 0 aliphatic rings. The Morgan fingerprint density at radius 3 is 2.64 bits per heavy atom. The number of anilines is 1. The number of nitrogens with zero attached hydrogens (tertiary/aromatic N) is 1. The van der Waals surface area contributed by atoms with E-state index in [2.05, 4.69) is 16.4 Å². The molecule has 0 aliphatic heterocycles. The van der Waals surface area contributed by atoms with Crippen LogP contribution in [0.4, 0.5) is 5.13 Å². The van der Waals surface area contributed by atoms with Gasteiger partial charge in [0.05, 0.1) is 30.0 Å². The van der Waals surface area contributed by atoms with E-state index in [4.69, 9.17) is 15.2 Å². The second-order valence-corrected chi connectivity index (χ2v) is 6.02. The molecular weight excluding hydrogens is 342 g/mol. The zero-order valence-electron chi connectivity index (χ0n) is 13.5. The zero-order chi connectivity index (χ0) is 18.0. The molecule has 0 saturated carbocycles. The third-order valence-corrected chi connectivity index (χ3v) is 4.40. The van der Waals surface area contributed by atoms with E-state index >= 15 is 0 Å². The maximum absolute atomic E-state index is 12.4. The molecule has 7 nitrogen and oxygen atoms in total. The van der Waals surface area contributed by atoms with Crippen LogP contribution < -0.4 is 20.5 Å². The Bertz CT molecular complexity index is 968. The van der Waals surface area contributed by atoms with Gasteiger partial charge < -0.3 is 15.2 Å². The molecule has 0 spiro atoms. The van der Waals surface area contributed by atoms with E-state index in [1.807, 2.05) is 0 Å². The number of hydrogen-bond acceptors (Lipinski definition) is 6. The van der Waals surface area contributed by atoms with Crippen LogP contribution in [0.1, 0.15) is 20.7 Å². The van der Waals surface area contributed by atoms with Gasteiger partial charge >= 0.3 is 0 Å². The van der Waals surface area contributed by atoms with Crippen LogP contribution in [0.3, 0.4) is 0 Å². The monoisotopic (exact) mass is 356 g/mol. The van der Waals surface area contributed by atoms with Gasteiger partial charge in [-0.05, 0) is 36.4 Å². The normalized spacial score (nSPS) is 10.5. The largest absolute Gasteiger partial charge is 0.493 e. The molecule has 8 heteroatoms. The van der Waals surface area contributed by atoms with Crippen LogP contribution >= 0.6 is 11.3 Å². The minimum atomic E-state index is -0.593. The van der Waals surface area contributed by atoms with Crippen molar-refractivity contribution in [2.75, 3.05) is 19.5 Å². The summed E-state index contributed by atoms with van der Waals surface area (Å²) in [6, 6.07) is 10.8. The van der Waals surface area contributed by atoms with Crippen LogP contribution in [0.2, 0.25) is 0 Å². The second kappa shape index (κ2) is 6.78. The molecule has 0 saturated heterocycles. The highest BCUT2D eigenvalue weighted by atomic mass is 32.1. The van der Waals surface area contributed by atoms with Gasteiger partial charge in [-0.15, -0.1) is 0 Å². The van der Waals surface area contributed by atoms with Gasteiger partial charge in [-0.3, -0.25) is 14.9 Å². The van der Waals surface area contributed by atoms with Crippen molar-refractivity contribution in [2.45, 2.75) is 0 Å². The smallest absolute Gasteiger partial charge is 0.257 e. The fourth-order valence-electron chi connectivity index (χ4n) is 2.28. The van der Waals surface area contributed by atoms with Gasteiger partial charge in [-0.1, -0.05) is 11.3 Å². The lowest BCUT2D eigenvalue weighted by atomic mass is 10.2. The minimum Gasteiger partial charge on any atom is -0.493 e. The molecular formula is C17H14N3O4S. The summed E-state index contributed by atoms with van der Waals surface area (Å²) in [5.41, 5.74) is 6.43. The molecule has 127 valence electrons. The van der Waals surface area contributed by atoms with E-state index in [0.29, 0.717) is 32.4 Å². The summed E-state index contributed by atoms with van der Waals surface area (Å²) >= 11 is 1.23. The number of rotatable bonds is 5. The highest BCUT2D eigenvalue weighted by Gasteiger charge is 2.15. The molecule has 1 aromatic heterocycles. The molecule has 1 heterocycles. The summed E-state index contributed by atoms with van der Waals surface area (Å²) in [6.07, 6.45) is 0. The van der Waals surface area contributed by atoms with Crippen LogP contribution in [0, 0.1) is 6.07 Å². The summed E-state index contributed by atoms with van der Waals surface area (Å²) < 4.78 is 11.1. The lowest BCUT2D eigenvalue weighted by Crippen LogP contribution is -2.12. The number of nitrogens with two attached hydrogens (primary N) is 1. The van der Waals surface area contributed by atoms with E-state index in [9.17, 15) is 9.59 Å². The summed E-state index contributed by atoms with van der Waals surface area (Å²) in [4.78, 5) is 28.2. The Hall–Kier alpha value is -3.13. The molecule has 0 unspecified atom stereocenters. The summed E-state index contributed by atoms with van der Waals surface area (Å²) in [5, 5.41) is 3.07. The number of hydrogen-bond donors (Lipinski definition) is 2. The van der Waals surface area contributed by atoms with E-state index < -0.39 is 5.91 Å². The number of thiazole rings is 1. The van der Waals surface area contributed by atoms with Crippen LogP contribution in [0.25, 0.3) is 10.2 Å². The number of benzene rings is 2. The predicted molar refractivity (Wildman–Crippen MR) is 94.5 cm³/mol. The number of carbonyl (C=O) groups excluding carboxylic acids is 2. The summed E-state index contributed by atoms with van der Waals surface area (Å²) in [7, 11) is 3.01. The number of methoxy groups -OCH3 is 2. The van der Waals surface area contributed by atoms with Crippen LogP contribution in [-0.2, 0) is 0 Å². The van der Waals surface area contributed by atoms with Gasteiger partial charge in [0.15, 0.2) is 16.6 Å². The molecule has 2 amide bonds. The Morgan fingerprint density at radius 2 is 1.96 bits per heavy atom. The highest BCUT2D eigenvalue weighted by Crippen LogP contribution is 2.30. The maximum Gasteiger partial charge on any atom is 0.257 e. The third kappa shape index (κ3) is 3.24. The van der Waals surface area contributed by atoms with Crippen molar-refractivity contribution in [1.29, 1.82) is 0 Å². The lowest BCUT2D eigenvalue weighted by Gasteiger charge is -2.09. The van der Waals surface area contributed by atoms with Crippen molar-refractivity contribution >= 4 is 38.5 Å². The Balaban J connectivity index is 1.90. The highest BCUT2D eigenvalue weighted by molar-refractivity contribution is 7.22. The number of primary amides is 1. The van der Waals surface area contributed by atoms with E-state index in [0.717, 1.165) is 0 Å². The molecule has 25 heavy (non-hydrogen) atoms. The fourth-order valence-corrected chi connectivity index (χ4v) is 3.15. The maximum atomic E-state index is 12.4. The van der Waals surface area contributed by atoms with Gasteiger partial charge in [0.2, 0.25) is 0 Å². The van der Waals surface area contributed by atoms with E-state index in [-0.39, 0.29) is 11.5 Å². The first kappa shape index (κ1) is 16.7. The first-order chi connectivity index (χ1) is 12.0. The number of nitrogens with one attached hydrogen (secondary N) is 1. The Labute approximate surface area is 147 Å². The van der Waals surface area contributed by atoms with Crippen molar-refractivity contribution < 1.29 is 19.1 Å². The van der Waals surface area contributed by atoms with Crippen LogP contribution in [0.5, 0.6) is 11.5 Å². The summed E-state index contributed by atoms with van der Waals surface area (Å²) in [6.45, 7) is 0. The molecule has 2 aromatic carbocycles. The number of carbonyl (C=O) groups is 2. The molecule has 3 rings (SSSR count). The van der Waals surface area contributed by atoms with E-state index in [1.165, 1.54) is 31.6 Å². The molecule has 0 aliphatic carbocycles. The van der Waals surface area contributed by atoms with Crippen molar-refractivity contribution in [1.82, 2.24) is 4.98 Å². The SMILES string of the molecule is COc1ccc(C(=O)Nc2nc3c(C(N)=O)c[c]cc3s2)cc1OC. The molecule has 0 fully saturated rings. The predicted octanol–water partition coefficient (Wildman–Crippen LogP) is 2.46. The van der Waals surface area contributed by atoms with Crippen LogP contribution in [0.15, 0.2) is 30.3 Å². The minimum absolute atomic E-state index is 0.264. The van der Waals surface area contributed by atoms with Crippen molar-refractivity contribution in [2.24, 2.45) is 5.73 Å². The Morgan fingerprint density at radius 1 is 1.20 bits per heavy atom. The number of aromatic nitrogens is 1. The van der Waals surface area contributed by atoms with Gasteiger partial charge in [0.1, 0.15) is 0 Å². The van der Waals surface area contributed by atoms with Gasteiger partial charge in [-0.25, -0.2) is 4.98 Å². The Kier molecular flexibility index (Phi) is 4.53. The van der Waals surface area contributed by atoms with Crippen molar-refractivity contribution in [3.8, 4) is 11.5 Å². The molecule has 3 N–H and O–H groups in total. The summed E-state index contributed by atoms with van der Waals surface area (Å²) in [5.74, 6) is 0.0280. The number of amides is 2. The van der Waals surface area contributed by atoms with Crippen molar-refractivity contribution in [3.05, 3.63) is 47.5 Å². The first-order valence-corrected chi connectivity index (χ1v) is 7.99. The third-order valence-electron chi connectivity index (χ3n) is 3.48. The number of ether oxygens (including phenoxy) is 2. The van der Waals surface area contributed by atoms with Gasteiger partial charge in [0.25, 0.3) is 11.8 Å². The average Bonchev–Trinajstić information content (AvgIpc) is 3.02. The van der Waals surface area contributed by atoms with Crippen molar-refractivity contribution in [3.63, 3.8) is 0 Å². The van der Waals surface area contributed by atoms with Gasteiger partial charge in [0, 0.05) is 5.56 Å². The number of fused-ring (bicyclic) bond motifs is 1. The van der Waals surface area contributed by atoms with Gasteiger partial charge in [-0.2, -0.15) is 0 Å². The standard InChI is InChI=1S/C17H14N3O4S/c1-23-11-7-6-9(8-12(11)24-2)16(22)20-17-19-14-10(15(18)21)4-3-5-13(14)25-17/h4-8H,1-2H3,(H2,18,21)(H,19,20,22). The average molecular weight is 356 g/mol. The molecule has 3 aromatic rings.